The Morgan fingerprint density at radius 2 is 2.05 bits per heavy atom. The molecule has 0 radical (unpaired) electrons. The van der Waals surface area contributed by atoms with Crippen molar-refractivity contribution in [2.45, 2.75) is 6.54 Å². The zero-order valence-corrected chi connectivity index (χ0v) is 11.3. The van der Waals surface area contributed by atoms with Gasteiger partial charge in [-0.1, -0.05) is 6.07 Å². The van der Waals surface area contributed by atoms with Crippen molar-refractivity contribution in [3.63, 3.8) is 0 Å². The molecule has 1 aromatic carbocycles. The van der Waals surface area contributed by atoms with Crippen LogP contribution >= 0.6 is 0 Å². The van der Waals surface area contributed by atoms with Crippen LogP contribution in [0.5, 0.6) is 5.75 Å². The fourth-order valence-electron chi connectivity index (χ4n) is 2.12. The molecular weight excluding hydrogens is 246 g/mol. The number of carbonyl (C=O) groups is 1. The summed E-state index contributed by atoms with van der Waals surface area (Å²) in [5.41, 5.74) is 1.57. The highest BCUT2D eigenvalue weighted by Gasteiger charge is 2.15. The molecule has 104 valence electrons. The van der Waals surface area contributed by atoms with E-state index in [-0.39, 0.29) is 5.97 Å². The van der Waals surface area contributed by atoms with E-state index in [0.717, 1.165) is 44.2 Å². The van der Waals surface area contributed by atoms with Gasteiger partial charge < -0.3 is 14.2 Å². The summed E-state index contributed by atoms with van der Waals surface area (Å²) in [6.07, 6.45) is 0. The molecule has 0 bridgehead atoms. The lowest BCUT2D eigenvalue weighted by Gasteiger charge is -2.27. The van der Waals surface area contributed by atoms with Gasteiger partial charge in [0.15, 0.2) is 0 Å². The third kappa shape index (κ3) is 3.45. The van der Waals surface area contributed by atoms with E-state index < -0.39 is 0 Å². The van der Waals surface area contributed by atoms with Crippen LogP contribution in [0.4, 0.5) is 0 Å². The minimum Gasteiger partial charge on any atom is -0.496 e. The van der Waals surface area contributed by atoms with Crippen LogP contribution in [0.15, 0.2) is 18.2 Å². The first kappa shape index (κ1) is 13.8. The summed E-state index contributed by atoms with van der Waals surface area (Å²) < 4.78 is 15.4. The second-order valence-corrected chi connectivity index (χ2v) is 4.41. The first-order chi connectivity index (χ1) is 9.24. The molecule has 1 fully saturated rings. The highest BCUT2D eigenvalue weighted by Crippen LogP contribution is 2.22. The van der Waals surface area contributed by atoms with Crippen molar-refractivity contribution in [1.29, 1.82) is 0 Å². The monoisotopic (exact) mass is 265 g/mol. The van der Waals surface area contributed by atoms with E-state index in [1.807, 2.05) is 6.07 Å². The van der Waals surface area contributed by atoms with Crippen LogP contribution < -0.4 is 4.74 Å². The molecule has 0 spiro atoms. The Kier molecular flexibility index (Phi) is 4.76. The third-order valence-corrected chi connectivity index (χ3v) is 3.21. The van der Waals surface area contributed by atoms with Crippen LogP contribution in [-0.2, 0) is 16.0 Å². The number of ether oxygens (including phenoxy) is 3. The normalized spacial score (nSPS) is 16.1. The quantitative estimate of drug-likeness (QED) is 0.768. The van der Waals surface area contributed by atoms with Crippen molar-refractivity contribution < 1.29 is 19.0 Å². The van der Waals surface area contributed by atoms with Crippen LogP contribution in [0.2, 0.25) is 0 Å². The standard InChI is InChI=1S/C14H19NO4/c1-17-13-9-11(14(16)18-2)3-4-12(13)10-15-5-7-19-8-6-15/h3-4,9H,5-8,10H2,1-2H3. The summed E-state index contributed by atoms with van der Waals surface area (Å²) in [6, 6.07) is 5.41. The minimum atomic E-state index is -0.351. The van der Waals surface area contributed by atoms with Gasteiger partial charge in [0.2, 0.25) is 0 Å². The molecule has 1 aliphatic heterocycles. The average molecular weight is 265 g/mol. The molecule has 0 aliphatic carbocycles. The summed E-state index contributed by atoms with van der Waals surface area (Å²) in [5.74, 6) is 0.366. The topological polar surface area (TPSA) is 48.0 Å². The number of esters is 1. The molecule has 2 rings (SSSR count). The first-order valence-electron chi connectivity index (χ1n) is 6.30. The minimum absolute atomic E-state index is 0.351. The molecular formula is C14H19NO4. The van der Waals surface area contributed by atoms with Crippen LogP contribution in [0.1, 0.15) is 15.9 Å². The number of hydrogen-bond acceptors (Lipinski definition) is 5. The van der Waals surface area contributed by atoms with Crippen LogP contribution in [0.3, 0.4) is 0 Å². The van der Waals surface area contributed by atoms with Crippen molar-refractivity contribution >= 4 is 5.97 Å². The smallest absolute Gasteiger partial charge is 0.337 e. The van der Waals surface area contributed by atoms with E-state index in [1.165, 1.54) is 7.11 Å². The molecule has 0 saturated carbocycles. The molecule has 0 atom stereocenters. The van der Waals surface area contributed by atoms with Crippen molar-refractivity contribution in [3.05, 3.63) is 29.3 Å². The number of carbonyl (C=O) groups excluding carboxylic acids is 1. The maximum absolute atomic E-state index is 11.5. The van der Waals surface area contributed by atoms with Crippen molar-refractivity contribution in [3.8, 4) is 5.75 Å². The van der Waals surface area contributed by atoms with Crippen molar-refractivity contribution in [2.75, 3.05) is 40.5 Å². The number of nitrogens with zero attached hydrogens (tertiary/aromatic N) is 1. The summed E-state index contributed by atoms with van der Waals surface area (Å²) in [7, 11) is 2.98. The van der Waals surface area contributed by atoms with Gasteiger partial charge in [-0.15, -0.1) is 0 Å². The fraction of sp³-hybridized carbons (Fsp3) is 0.500. The maximum atomic E-state index is 11.5. The fourth-order valence-corrected chi connectivity index (χ4v) is 2.12. The molecule has 5 nitrogen and oxygen atoms in total. The predicted molar refractivity (Wildman–Crippen MR) is 70.4 cm³/mol. The van der Waals surface area contributed by atoms with E-state index in [2.05, 4.69) is 4.90 Å². The number of benzene rings is 1. The summed E-state index contributed by atoms with van der Waals surface area (Å²) >= 11 is 0. The van der Waals surface area contributed by atoms with Gasteiger partial charge >= 0.3 is 5.97 Å². The Balaban J connectivity index is 2.13. The van der Waals surface area contributed by atoms with E-state index in [1.54, 1.807) is 19.2 Å². The highest BCUT2D eigenvalue weighted by atomic mass is 16.5. The maximum Gasteiger partial charge on any atom is 0.337 e. The van der Waals surface area contributed by atoms with Crippen molar-refractivity contribution in [2.24, 2.45) is 0 Å². The average Bonchev–Trinajstić information content (AvgIpc) is 2.48. The molecule has 1 aromatic rings. The molecule has 19 heavy (non-hydrogen) atoms. The Hall–Kier alpha value is -1.59. The van der Waals surface area contributed by atoms with Gasteiger partial charge in [0, 0.05) is 25.2 Å². The van der Waals surface area contributed by atoms with Gasteiger partial charge in [-0.2, -0.15) is 0 Å². The summed E-state index contributed by atoms with van der Waals surface area (Å²) in [5, 5.41) is 0. The zero-order chi connectivity index (χ0) is 13.7. The molecule has 1 saturated heterocycles. The van der Waals surface area contributed by atoms with Crippen molar-refractivity contribution in [1.82, 2.24) is 4.90 Å². The van der Waals surface area contributed by atoms with E-state index >= 15 is 0 Å². The zero-order valence-electron chi connectivity index (χ0n) is 11.3. The first-order valence-corrected chi connectivity index (χ1v) is 6.30. The lowest BCUT2D eigenvalue weighted by atomic mass is 10.1. The molecule has 0 aromatic heterocycles. The lowest BCUT2D eigenvalue weighted by molar-refractivity contribution is 0.0339. The number of rotatable bonds is 4. The van der Waals surface area contributed by atoms with Crippen LogP contribution in [0, 0.1) is 0 Å². The number of morpholine rings is 1. The Labute approximate surface area is 113 Å². The molecule has 1 heterocycles. The SMILES string of the molecule is COC(=O)c1ccc(CN2CCOCC2)c(OC)c1. The van der Waals surface area contributed by atoms with Crippen LogP contribution in [-0.4, -0.2) is 51.4 Å². The van der Waals surface area contributed by atoms with E-state index in [0.29, 0.717) is 5.56 Å². The molecule has 0 N–H and O–H groups in total. The molecule has 0 amide bonds. The van der Waals surface area contributed by atoms with E-state index in [9.17, 15) is 4.79 Å². The second-order valence-electron chi connectivity index (χ2n) is 4.41. The Bertz CT molecular complexity index is 441. The molecule has 1 aliphatic rings. The summed E-state index contributed by atoms with van der Waals surface area (Å²) in [6.45, 7) is 4.17. The summed E-state index contributed by atoms with van der Waals surface area (Å²) in [4.78, 5) is 13.8. The highest BCUT2D eigenvalue weighted by molar-refractivity contribution is 5.89. The van der Waals surface area contributed by atoms with Crippen LogP contribution in [0.25, 0.3) is 0 Å². The third-order valence-electron chi connectivity index (χ3n) is 3.21. The number of hydrogen-bond donors (Lipinski definition) is 0. The Morgan fingerprint density at radius 3 is 2.68 bits per heavy atom. The predicted octanol–water partition coefficient (Wildman–Crippen LogP) is 1.31. The van der Waals surface area contributed by atoms with Gasteiger partial charge in [-0.05, 0) is 12.1 Å². The van der Waals surface area contributed by atoms with Gasteiger partial charge in [-0.25, -0.2) is 4.79 Å². The van der Waals surface area contributed by atoms with Gasteiger partial charge in [0.25, 0.3) is 0 Å². The molecule has 0 unspecified atom stereocenters. The largest absolute Gasteiger partial charge is 0.496 e. The number of methoxy groups -OCH3 is 2. The molecule has 5 heteroatoms. The Morgan fingerprint density at radius 1 is 1.32 bits per heavy atom. The van der Waals surface area contributed by atoms with Gasteiger partial charge in [0.05, 0.1) is 33.0 Å². The lowest BCUT2D eigenvalue weighted by Crippen LogP contribution is -2.35. The van der Waals surface area contributed by atoms with E-state index in [4.69, 9.17) is 14.2 Å². The van der Waals surface area contributed by atoms with Gasteiger partial charge in [0.1, 0.15) is 5.75 Å². The second kappa shape index (κ2) is 6.54. The van der Waals surface area contributed by atoms with Gasteiger partial charge in [-0.3, -0.25) is 4.90 Å².